The maximum Gasteiger partial charge on any atom is 0.265 e. The molecule has 4 rings (SSSR count). The van der Waals surface area contributed by atoms with Crippen LogP contribution in [0.15, 0.2) is 18.2 Å². The Morgan fingerprint density at radius 2 is 2.00 bits per heavy atom. The first kappa shape index (κ1) is 22.6. The highest BCUT2D eigenvalue weighted by Crippen LogP contribution is 2.36. The molecule has 32 heavy (non-hydrogen) atoms. The number of alkyl halides is 2. The van der Waals surface area contributed by atoms with Gasteiger partial charge in [-0.1, -0.05) is 6.42 Å². The van der Waals surface area contributed by atoms with Crippen LogP contribution in [0, 0.1) is 5.92 Å². The van der Waals surface area contributed by atoms with Crippen molar-refractivity contribution in [1.29, 1.82) is 0 Å². The standard InChI is InChI=1S/C22H28F2N4O4/c23-20(24)16-10-14(4-7-17(16)27-8-9-32-12-18(27)29)26-22(31)19(21(25)30)28(15-5-6-15)11-13-2-1-3-13/h4,7,10,13,15,19-20H,1-3,5-6,8-9,11-12H2,(H2,25,30)(H,26,31)/t19-/m0/s1. The predicted molar refractivity (Wildman–Crippen MR) is 113 cm³/mol. The number of primary amides is 1. The maximum absolute atomic E-state index is 13.8. The molecule has 0 bridgehead atoms. The Balaban J connectivity index is 1.53. The van der Waals surface area contributed by atoms with Crippen LogP contribution in [-0.4, -0.2) is 61.0 Å². The Morgan fingerprint density at radius 1 is 1.25 bits per heavy atom. The summed E-state index contributed by atoms with van der Waals surface area (Å²) >= 11 is 0. The zero-order valence-corrected chi connectivity index (χ0v) is 17.8. The minimum absolute atomic E-state index is 0.0855. The van der Waals surface area contributed by atoms with E-state index in [9.17, 15) is 23.2 Å². The zero-order valence-electron chi connectivity index (χ0n) is 17.8. The van der Waals surface area contributed by atoms with Gasteiger partial charge in [-0.25, -0.2) is 8.78 Å². The summed E-state index contributed by atoms with van der Waals surface area (Å²) in [5.41, 5.74) is 5.43. The molecular formula is C22H28F2N4O4. The van der Waals surface area contributed by atoms with Gasteiger partial charge >= 0.3 is 0 Å². The molecule has 2 aliphatic carbocycles. The van der Waals surface area contributed by atoms with E-state index in [0.29, 0.717) is 12.5 Å². The van der Waals surface area contributed by atoms with E-state index >= 15 is 0 Å². The summed E-state index contributed by atoms with van der Waals surface area (Å²) < 4.78 is 32.6. The van der Waals surface area contributed by atoms with Gasteiger partial charge in [0.25, 0.3) is 18.2 Å². The lowest BCUT2D eigenvalue weighted by atomic mass is 9.84. The number of nitrogens with one attached hydrogen (secondary N) is 1. The summed E-state index contributed by atoms with van der Waals surface area (Å²) in [6, 6.07) is 2.97. The van der Waals surface area contributed by atoms with E-state index in [2.05, 4.69) is 5.32 Å². The number of benzene rings is 1. The van der Waals surface area contributed by atoms with Crippen molar-refractivity contribution in [3.63, 3.8) is 0 Å². The largest absolute Gasteiger partial charge is 0.370 e. The van der Waals surface area contributed by atoms with Gasteiger partial charge in [-0.2, -0.15) is 0 Å². The van der Waals surface area contributed by atoms with Crippen LogP contribution in [0.5, 0.6) is 0 Å². The molecule has 0 unspecified atom stereocenters. The zero-order chi connectivity index (χ0) is 22.8. The number of amides is 3. The van der Waals surface area contributed by atoms with Gasteiger partial charge in [-0.3, -0.25) is 19.3 Å². The van der Waals surface area contributed by atoms with Crippen molar-refractivity contribution < 1.29 is 27.9 Å². The minimum atomic E-state index is -2.86. The number of morpholine rings is 1. The molecule has 3 amide bonds. The molecule has 2 saturated carbocycles. The van der Waals surface area contributed by atoms with Crippen LogP contribution in [0.4, 0.5) is 20.2 Å². The average molecular weight is 450 g/mol. The van der Waals surface area contributed by atoms with E-state index in [4.69, 9.17) is 10.5 Å². The normalized spacial score (nSPS) is 20.4. The third kappa shape index (κ3) is 4.91. The lowest BCUT2D eigenvalue weighted by molar-refractivity contribution is -0.133. The number of nitrogens with two attached hydrogens (primary N) is 1. The molecule has 3 aliphatic rings. The van der Waals surface area contributed by atoms with Crippen LogP contribution >= 0.6 is 0 Å². The van der Waals surface area contributed by atoms with Gasteiger partial charge in [0.05, 0.1) is 12.3 Å². The first-order valence-electron chi connectivity index (χ1n) is 11.0. The molecule has 174 valence electrons. The first-order valence-corrected chi connectivity index (χ1v) is 11.0. The van der Waals surface area contributed by atoms with E-state index in [1.807, 2.05) is 4.90 Å². The van der Waals surface area contributed by atoms with Gasteiger partial charge in [-0.05, 0) is 49.8 Å². The van der Waals surface area contributed by atoms with E-state index in [-0.39, 0.29) is 42.7 Å². The van der Waals surface area contributed by atoms with Gasteiger partial charge in [0, 0.05) is 30.4 Å². The third-order valence-corrected chi connectivity index (χ3v) is 6.37. The fourth-order valence-corrected chi connectivity index (χ4v) is 4.32. The highest BCUT2D eigenvalue weighted by atomic mass is 19.3. The Morgan fingerprint density at radius 3 is 2.56 bits per heavy atom. The molecule has 1 aromatic carbocycles. The van der Waals surface area contributed by atoms with Crippen molar-refractivity contribution in [1.82, 2.24) is 4.90 Å². The quantitative estimate of drug-likeness (QED) is 0.561. The molecule has 1 aromatic rings. The highest BCUT2D eigenvalue weighted by molar-refractivity contribution is 6.09. The third-order valence-electron chi connectivity index (χ3n) is 6.37. The topological polar surface area (TPSA) is 105 Å². The average Bonchev–Trinajstić information content (AvgIpc) is 3.55. The van der Waals surface area contributed by atoms with Crippen LogP contribution in [0.3, 0.4) is 0 Å². The number of halogens is 2. The highest BCUT2D eigenvalue weighted by Gasteiger charge is 2.42. The van der Waals surface area contributed by atoms with E-state index in [0.717, 1.165) is 38.2 Å². The van der Waals surface area contributed by atoms with Gasteiger partial charge in [0.15, 0.2) is 6.04 Å². The van der Waals surface area contributed by atoms with Gasteiger partial charge < -0.3 is 20.7 Å². The SMILES string of the molecule is NC(=O)[C@@H](C(=O)Nc1ccc(N2CCOCC2=O)c(C(F)F)c1)N(CC1CCC1)C1CC1. The molecule has 0 aromatic heterocycles. The molecule has 1 aliphatic heterocycles. The van der Waals surface area contributed by atoms with Crippen molar-refractivity contribution in [3.05, 3.63) is 23.8 Å². The van der Waals surface area contributed by atoms with Crippen LogP contribution in [0.1, 0.15) is 44.1 Å². The Labute approximate surface area is 185 Å². The number of carbonyl (C=O) groups is 3. The fourth-order valence-electron chi connectivity index (χ4n) is 4.32. The van der Waals surface area contributed by atoms with Crippen molar-refractivity contribution in [2.45, 2.75) is 50.6 Å². The summed E-state index contributed by atoms with van der Waals surface area (Å²) in [7, 11) is 0. The summed E-state index contributed by atoms with van der Waals surface area (Å²) in [6.45, 7) is 0.891. The summed E-state index contributed by atoms with van der Waals surface area (Å²) in [6.07, 6.45) is 2.23. The Kier molecular flexibility index (Phi) is 6.71. The molecule has 1 atom stereocenters. The first-order chi connectivity index (χ1) is 15.3. The monoisotopic (exact) mass is 450 g/mol. The number of ether oxygens (including phenoxy) is 1. The second-order valence-corrected chi connectivity index (χ2v) is 8.69. The minimum Gasteiger partial charge on any atom is -0.370 e. The van der Waals surface area contributed by atoms with E-state index < -0.39 is 30.2 Å². The van der Waals surface area contributed by atoms with Gasteiger partial charge in [0.2, 0.25) is 5.91 Å². The van der Waals surface area contributed by atoms with E-state index in [1.54, 1.807) is 0 Å². The molecule has 1 saturated heterocycles. The van der Waals surface area contributed by atoms with Crippen molar-refractivity contribution in [2.75, 3.05) is 36.5 Å². The second-order valence-electron chi connectivity index (χ2n) is 8.69. The molecular weight excluding hydrogens is 422 g/mol. The number of hydrogen-bond donors (Lipinski definition) is 2. The van der Waals surface area contributed by atoms with E-state index in [1.165, 1.54) is 17.0 Å². The number of rotatable bonds is 9. The maximum atomic E-state index is 13.8. The second kappa shape index (κ2) is 9.50. The number of nitrogens with zero attached hydrogens (tertiary/aromatic N) is 2. The molecule has 3 fully saturated rings. The molecule has 3 N–H and O–H groups in total. The lowest BCUT2D eigenvalue weighted by Crippen LogP contribution is -2.54. The van der Waals surface area contributed by atoms with Crippen molar-refractivity contribution in [3.8, 4) is 0 Å². The Bertz CT molecular complexity index is 889. The van der Waals surface area contributed by atoms with Crippen LogP contribution in [0.2, 0.25) is 0 Å². The van der Waals surface area contributed by atoms with Gasteiger partial charge in [-0.15, -0.1) is 0 Å². The molecule has 10 heteroatoms. The number of anilines is 2. The fraction of sp³-hybridized carbons (Fsp3) is 0.591. The smallest absolute Gasteiger partial charge is 0.265 e. The number of hydrogen-bond acceptors (Lipinski definition) is 5. The van der Waals surface area contributed by atoms with Crippen molar-refractivity contribution >= 4 is 29.1 Å². The van der Waals surface area contributed by atoms with Crippen LogP contribution in [-0.2, 0) is 19.1 Å². The van der Waals surface area contributed by atoms with Gasteiger partial charge in [0.1, 0.15) is 6.61 Å². The summed E-state index contributed by atoms with van der Waals surface area (Å²) in [4.78, 5) is 40.4. The Hall–Kier alpha value is -2.59. The molecule has 0 radical (unpaired) electrons. The lowest BCUT2D eigenvalue weighted by Gasteiger charge is -2.35. The van der Waals surface area contributed by atoms with Crippen LogP contribution < -0.4 is 16.0 Å². The molecule has 8 nitrogen and oxygen atoms in total. The van der Waals surface area contributed by atoms with Crippen LogP contribution in [0.25, 0.3) is 0 Å². The summed E-state index contributed by atoms with van der Waals surface area (Å²) in [5.74, 6) is -1.33. The molecule has 1 heterocycles. The summed E-state index contributed by atoms with van der Waals surface area (Å²) in [5, 5.41) is 2.59. The molecule has 0 spiro atoms. The van der Waals surface area contributed by atoms with Crippen molar-refractivity contribution in [2.24, 2.45) is 11.7 Å². The number of carbonyl (C=O) groups excluding carboxylic acids is 3. The predicted octanol–water partition coefficient (Wildman–Crippen LogP) is 2.04.